The molecule has 0 aliphatic rings. The number of hydrogen-bond acceptors (Lipinski definition) is 2. The van der Waals surface area contributed by atoms with Crippen molar-refractivity contribution in [3.63, 3.8) is 0 Å². The zero-order chi connectivity index (χ0) is 9.14. The van der Waals surface area contributed by atoms with Gasteiger partial charge < -0.3 is 4.42 Å². The monoisotopic (exact) mass is 166 g/mol. The van der Waals surface area contributed by atoms with Crippen LogP contribution < -0.4 is 5.63 Å². The maximum absolute atomic E-state index is 11.0. The first kappa shape index (κ1) is 9.04. The summed E-state index contributed by atoms with van der Waals surface area (Å²) in [5.41, 5.74) is 1.99. The van der Waals surface area contributed by atoms with Crippen LogP contribution in [-0.2, 0) is 12.8 Å². The first-order chi connectivity index (χ1) is 5.69. The average Bonchev–Trinajstić information content (AvgIpc) is 2.03. The lowest BCUT2D eigenvalue weighted by Crippen LogP contribution is -2.05. The van der Waals surface area contributed by atoms with Crippen molar-refractivity contribution in [2.24, 2.45) is 0 Å². The highest BCUT2D eigenvalue weighted by Crippen LogP contribution is 2.12. The largest absolute Gasteiger partial charge is 0.428 e. The van der Waals surface area contributed by atoms with Gasteiger partial charge in [0.2, 0.25) is 0 Å². The zero-order valence-electron chi connectivity index (χ0n) is 7.81. The van der Waals surface area contributed by atoms with Gasteiger partial charge in [-0.2, -0.15) is 0 Å². The average molecular weight is 166 g/mol. The molecule has 0 saturated carbocycles. The van der Waals surface area contributed by atoms with Gasteiger partial charge in [-0.25, -0.2) is 4.79 Å². The minimum absolute atomic E-state index is 0.235. The molecule has 0 fully saturated rings. The van der Waals surface area contributed by atoms with Crippen LogP contribution in [-0.4, -0.2) is 0 Å². The van der Waals surface area contributed by atoms with Gasteiger partial charge in [-0.05, 0) is 24.5 Å². The standard InChI is InChI=1S/C10H14O2/c1-4-8-7(3)6-10(11)12-9(8)5-2/h6H,4-5H2,1-3H3. The third-order valence-corrected chi connectivity index (χ3v) is 2.05. The highest BCUT2D eigenvalue weighted by Gasteiger charge is 2.05. The van der Waals surface area contributed by atoms with E-state index in [9.17, 15) is 4.79 Å². The maximum Gasteiger partial charge on any atom is 0.336 e. The molecular weight excluding hydrogens is 152 g/mol. The second-order valence-electron chi connectivity index (χ2n) is 2.86. The Morgan fingerprint density at radius 1 is 1.33 bits per heavy atom. The van der Waals surface area contributed by atoms with E-state index in [2.05, 4.69) is 6.92 Å². The van der Waals surface area contributed by atoms with Gasteiger partial charge >= 0.3 is 5.63 Å². The van der Waals surface area contributed by atoms with Crippen LogP contribution in [0.15, 0.2) is 15.3 Å². The molecule has 0 amide bonds. The van der Waals surface area contributed by atoms with Crippen LogP contribution in [0.2, 0.25) is 0 Å². The fraction of sp³-hybridized carbons (Fsp3) is 0.500. The molecule has 12 heavy (non-hydrogen) atoms. The Morgan fingerprint density at radius 2 is 2.00 bits per heavy atom. The van der Waals surface area contributed by atoms with E-state index in [4.69, 9.17) is 4.42 Å². The van der Waals surface area contributed by atoms with E-state index in [0.29, 0.717) is 0 Å². The predicted octanol–water partition coefficient (Wildman–Crippen LogP) is 2.07. The molecule has 0 aliphatic heterocycles. The Balaban J connectivity index is 3.33. The summed E-state index contributed by atoms with van der Waals surface area (Å²) in [5, 5.41) is 0. The zero-order valence-corrected chi connectivity index (χ0v) is 7.81. The van der Waals surface area contributed by atoms with Gasteiger partial charge in [-0.3, -0.25) is 0 Å². The van der Waals surface area contributed by atoms with E-state index in [1.54, 1.807) is 6.07 Å². The van der Waals surface area contributed by atoms with Crippen LogP contribution in [0.1, 0.15) is 30.7 Å². The SMILES string of the molecule is CCc1oc(=O)cc(C)c1CC. The van der Waals surface area contributed by atoms with Crippen LogP contribution in [0.5, 0.6) is 0 Å². The van der Waals surface area contributed by atoms with E-state index in [1.165, 1.54) is 5.56 Å². The normalized spacial score (nSPS) is 10.2. The molecule has 1 rings (SSSR count). The fourth-order valence-corrected chi connectivity index (χ4v) is 1.46. The lowest BCUT2D eigenvalue weighted by molar-refractivity contribution is 0.455. The Kier molecular flexibility index (Phi) is 2.69. The molecule has 0 unspecified atom stereocenters. The number of hydrogen-bond donors (Lipinski definition) is 0. The van der Waals surface area contributed by atoms with Crippen molar-refractivity contribution in [1.29, 1.82) is 0 Å². The molecule has 0 aromatic carbocycles. The molecule has 0 aliphatic carbocycles. The lowest BCUT2D eigenvalue weighted by Gasteiger charge is -2.05. The van der Waals surface area contributed by atoms with Crippen LogP contribution in [0.3, 0.4) is 0 Å². The molecule has 0 saturated heterocycles. The van der Waals surface area contributed by atoms with Crippen LogP contribution in [0.4, 0.5) is 0 Å². The predicted molar refractivity (Wildman–Crippen MR) is 48.5 cm³/mol. The van der Waals surface area contributed by atoms with Gasteiger partial charge in [0.05, 0.1) is 0 Å². The smallest absolute Gasteiger partial charge is 0.336 e. The van der Waals surface area contributed by atoms with Crippen LogP contribution in [0, 0.1) is 6.92 Å². The quantitative estimate of drug-likeness (QED) is 0.673. The van der Waals surface area contributed by atoms with Crippen molar-refractivity contribution < 1.29 is 4.42 Å². The van der Waals surface area contributed by atoms with Gasteiger partial charge in [-0.1, -0.05) is 13.8 Å². The molecule has 1 heterocycles. The first-order valence-corrected chi connectivity index (χ1v) is 4.31. The maximum atomic E-state index is 11.0. The van der Waals surface area contributed by atoms with Gasteiger partial charge in [0.1, 0.15) is 5.76 Å². The molecule has 0 radical (unpaired) electrons. The summed E-state index contributed by atoms with van der Waals surface area (Å²) < 4.78 is 5.07. The topological polar surface area (TPSA) is 30.2 Å². The van der Waals surface area contributed by atoms with Crippen LogP contribution in [0.25, 0.3) is 0 Å². The minimum Gasteiger partial charge on any atom is -0.428 e. The molecule has 2 heteroatoms. The molecule has 0 N–H and O–H groups in total. The number of rotatable bonds is 2. The molecule has 0 atom stereocenters. The molecule has 2 nitrogen and oxygen atoms in total. The van der Waals surface area contributed by atoms with Gasteiger partial charge in [0.25, 0.3) is 0 Å². The summed E-state index contributed by atoms with van der Waals surface area (Å²) >= 11 is 0. The molecule has 66 valence electrons. The van der Waals surface area contributed by atoms with Gasteiger partial charge in [-0.15, -0.1) is 0 Å². The van der Waals surface area contributed by atoms with Crippen molar-refractivity contribution in [1.82, 2.24) is 0 Å². The highest BCUT2D eigenvalue weighted by molar-refractivity contribution is 5.26. The Bertz CT molecular complexity index is 323. The summed E-state index contributed by atoms with van der Waals surface area (Å²) in [6.45, 7) is 6.02. The highest BCUT2D eigenvalue weighted by atomic mass is 16.4. The van der Waals surface area contributed by atoms with Gasteiger partial charge in [0.15, 0.2) is 0 Å². The summed E-state index contributed by atoms with van der Waals surface area (Å²) in [7, 11) is 0. The van der Waals surface area contributed by atoms with Crippen molar-refractivity contribution in [3.8, 4) is 0 Å². The molecule has 0 spiro atoms. The van der Waals surface area contributed by atoms with Crippen LogP contribution >= 0.6 is 0 Å². The Morgan fingerprint density at radius 3 is 2.50 bits per heavy atom. The summed E-state index contributed by atoms with van der Waals surface area (Å²) in [4.78, 5) is 11.0. The molecule has 1 aromatic rings. The number of aryl methyl sites for hydroxylation is 2. The third-order valence-electron chi connectivity index (χ3n) is 2.05. The fourth-order valence-electron chi connectivity index (χ4n) is 1.46. The first-order valence-electron chi connectivity index (χ1n) is 4.31. The van der Waals surface area contributed by atoms with E-state index >= 15 is 0 Å². The molecule has 1 aromatic heterocycles. The second-order valence-corrected chi connectivity index (χ2v) is 2.86. The minimum atomic E-state index is -0.235. The second kappa shape index (κ2) is 3.57. The summed E-state index contributed by atoms with van der Waals surface area (Å²) in [6, 6.07) is 1.55. The third kappa shape index (κ3) is 1.58. The molecular formula is C10H14O2. The summed E-state index contributed by atoms with van der Waals surface area (Å²) in [6.07, 6.45) is 1.72. The molecule has 0 bridgehead atoms. The van der Waals surface area contributed by atoms with E-state index < -0.39 is 0 Å². The van der Waals surface area contributed by atoms with Gasteiger partial charge in [0, 0.05) is 12.5 Å². The van der Waals surface area contributed by atoms with Crippen molar-refractivity contribution in [2.75, 3.05) is 0 Å². The Labute approximate surface area is 72.2 Å². The van der Waals surface area contributed by atoms with Crippen molar-refractivity contribution in [3.05, 3.63) is 33.4 Å². The van der Waals surface area contributed by atoms with Crippen molar-refractivity contribution in [2.45, 2.75) is 33.6 Å². The van der Waals surface area contributed by atoms with E-state index in [1.807, 2.05) is 13.8 Å². The lowest BCUT2D eigenvalue weighted by atomic mass is 10.1. The van der Waals surface area contributed by atoms with E-state index in [-0.39, 0.29) is 5.63 Å². The Hall–Kier alpha value is -1.05. The van der Waals surface area contributed by atoms with E-state index in [0.717, 1.165) is 24.2 Å². The summed E-state index contributed by atoms with van der Waals surface area (Å²) in [5.74, 6) is 0.836. The van der Waals surface area contributed by atoms with Crippen molar-refractivity contribution >= 4 is 0 Å².